The first-order chi connectivity index (χ1) is 13.8. The molecule has 0 heterocycles. The standard InChI is InChI=1S/C21H22N2O6/c1-14(2)19(21(26)29-3)22(13-18(24)15-7-5-4-6-8-15)20(25)16-9-11-17(12-10-16)23(27)28/h4-12,14,19H,13H2,1-3H3. The van der Waals surface area contributed by atoms with Gasteiger partial charge in [0.25, 0.3) is 11.6 Å². The fourth-order valence-corrected chi connectivity index (χ4v) is 2.94. The summed E-state index contributed by atoms with van der Waals surface area (Å²) in [6, 6.07) is 12.4. The van der Waals surface area contributed by atoms with Gasteiger partial charge >= 0.3 is 5.97 Å². The molecule has 1 unspecified atom stereocenters. The van der Waals surface area contributed by atoms with Crippen LogP contribution in [0, 0.1) is 16.0 Å². The third-order valence-corrected chi connectivity index (χ3v) is 4.41. The third-order valence-electron chi connectivity index (χ3n) is 4.41. The topological polar surface area (TPSA) is 107 Å². The predicted molar refractivity (Wildman–Crippen MR) is 106 cm³/mol. The van der Waals surface area contributed by atoms with E-state index in [0.717, 1.165) is 4.90 Å². The lowest BCUT2D eigenvalue weighted by Gasteiger charge is -2.32. The van der Waals surface area contributed by atoms with Gasteiger partial charge in [0.1, 0.15) is 6.04 Å². The summed E-state index contributed by atoms with van der Waals surface area (Å²) in [5.74, 6) is -1.90. The van der Waals surface area contributed by atoms with E-state index in [1.807, 2.05) is 0 Å². The summed E-state index contributed by atoms with van der Waals surface area (Å²) in [6.45, 7) is 3.15. The maximum absolute atomic E-state index is 13.2. The van der Waals surface area contributed by atoms with E-state index in [2.05, 4.69) is 0 Å². The van der Waals surface area contributed by atoms with E-state index in [1.165, 1.54) is 31.4 Å². The van der Waals surface area contributed by atoms with E-state index >= 15 is 0 Å². The predicted octanol–water partition coefficient (Wildman–Crippen LogP) is 3.12. The average molecular weight is 398 g/mol. The molecule has 29 heavy (non-hydrogen) atoms. The molecule has 0 fully saturated rings. The molecule has 0 aliphatic heterocycles. The molecule has 0 aliphatic rings. The summed E-state index contributed by atoms with van der Waals surface area (Å²) in [7, 11) is 1.21. The minimum Gasteiger partial charge on any atom is -0.467 e. The molecular formula is C21H22N2O6. The number of ether oxygens (including phenoxy) is 1. The van der Waals surface area contributed by atoms with Crippen LogP contribution in [0.15, 0.2) is 54.6 Å². The first-order valence-corrected chi connectivity index (χ1v) is 8.97. The molecule has 152 valence electrons. The Morgan fingerprint density at radius 3 is 2.07 bits per heavy atom. The summed E-state index contributed by atoms with van der Waals surface area (Å²) in [6.07, 6.45) is 0. The van der Waals surface area contributed by atoms with Crippen LogP contribution in [0.4, 0.5) is 5.69 Å². The van der Waals surface area contributed by atoms with Gasteiger partial charge in [-0.3, -0.25) is 19.7 Å². The lowest BCUT2D eigenvalue weighted by atomic mass is 10.00. The maximum Gasteiger partial charge on any atom is 0.328 e. The Morgan fingerprint density at radius 1 is 1.00 bits per heavy atom. The Labute approximate surface area is 168 Å². The number of benzene rings is 2. The van der Waals surface area contributed by atoms with Crippen molar-refractivity contribution in [1.82, 2.24) is 4.90 Å². The van der Waals surface area contributed by atoms with E-state index in [1.54, 1.807) is 44.2 Å². The quantitative estimate of drug-likeness (QED) is 0.293. The van der Waals surface area contributed by atoms with Crippen molar-refractivity contribution in [3.05, 3.63) is 75.8 Å². The van der Waals surface area contributed by atoms with E-state index in [-0.39, 0.29) is 29.5 Å². The van der Waals surface area contributed by atoms with Crippen molar-refractivity contribution in [1.29, 1.82) is 0 Å². The molecule has 8 heteroatoms. The largest absolute Gasteiger partial charge is 0.467 e. The van der Waals surface area contributed by atoms with Gasteiger partial charge in [0.05, 0.1) is 18.6 Å². The lowest BCUT2D eigenvalue weighted by molar-refractivity contribution is -0.384. The number of amides is 1. The molecule has 0 bridgehead atoms. The number of Topliss-reactive ketones (excluding diaryl/α,β-unsaturated/α-hetero) is 1. The number of ketones is 1. The molecule has 0 spiro atoms. The number of methoxy groups -OCH3 is 1. The second kappa shape index (κ2) is 9.59. The minimum absolute atomic E-state index is 0.131. The molecule has 2 aromatic rings. The van der Waals surface area contributed by atoms with Gasteiger partial charge < -0.3 is 9.64 Å². The summed E-state index contributed by atoms with van der Waals surface area (Å²) in [5, 5.41) is 10.8. The fraction of sp³-hybridized carbons (Fsp3) is 0.286. The fourth-order valence-electron chi connectivity index (χ4n) is 2.94. The molecule has 8 nitrogen and oxygen atoms in total. The van der Waals surface area contributed by atoms with Crippen LogP contribution < -0.4 is 0 Å². The van der Waals surface area contributed by atoms with Crippen LogP contribution in [0.1, 0.15) is 34.6 Å². The van der Waals surface area contributed by atoms with Crippen LogP contribution >= 0.6 is 0 Å². The first kappa shape index (κ1) is 21.7. The number of nitro groups is 1. The summed E-state index contributed by atoms with van der Waals surface area (Å²) < 4.78 is 4.85. The first-order valence-electron chi connectivity index (χ1n) is 8.97. The van der Waals surface area contributed by atoms with Crippen LogP contribution in [0.5, 0.6) is 0 Å². The molecule has 2 aromatic carbocycles. The molecule has 0 N–H and O–H groups in total. The molecule has 0 aromatic heterocycles. The second-order valence-corrected chi connectivity index (χ2v) is 6.74. The Kier molecular flexibility index (Phi) is 7.19. The number of carbonyl (C=O) groups excluding carboxylic acids is 3. The van der Waals surface area contributed by atoms with Crippen molar-refractivity contribution in [2.24, 2.45) is 5.92 Å². The summed E-state index contributed by atoms with van der Waals surface area (Å²) in [4.78, 5) is 49.7. The van der Waals surface area contributed by atoms with E-state index in [4.69, 9.17) is 4.74 Å². The number of nitro benzene ring substituents is 1. The van der Waals surface area contributed by atoms with Crippen molar-refractivity contribution in [2.45, 2.75) is 19.9 Å². The number of hydrogen-bond donors (Lipinski definition) is 0. The smallest absolute Gasteiger partial charge is 0.328 e. The zero-order valence-corrected chi connectivity index (χ0v) is 16.4. The highest BCUT2D eigenvalue weighted by Crippen LogP contribution is 2.19. The Bertz CT molecular complexity index is 893. The van der Waals surface area contributed by atoms with Gasteiger partial charge in [-0.1, -0.05) is 44.2 Å². The van der Waals surface area contributed by atoms with Crippen molar-refractivity contribution in [3.63, 3.8) is 0 Å². The second-order valence-electron chi connectivity index (χ2n) is 6.74. The van der Waals surface area contributed by atoms with E-state index in [0.29, 0.717) is 5.56 Å². The highest BCUT2D eigenvalue weighted by atomic mass is 16.6. The third kappa shape index (κ3) is 5.25. The number of carbonyl (C=O) groups is 3. The van der Waals surface area contributed by atoms with Crippen molar-refractivity contribution in [2.75, 3.05) is 13.7 Å². The van der Waals surface area contributed by atoms with E-state index < -0.39 is 22.8 Å². The monoisotopic (exact) mass is 398 g/mol. The van der Waals surface area contributed by atoms with Crippen LogP contribution in [0.2, 0.25) is 0 Å². The van der Waals surface area contributed by atoms with Crippen molar-refractivity contribution in [3.8, 4) is 0 Å². The Balaban J connectivity index is 2.41. The average Bonchev–Trinajstić information content (AvgIpc) is 2.72. The molecule has 0 saturated heterocycles. The van der Waals surface area contributed by atoms with Gasteiger partial charge in [0.15, 0.2) is 5.78 Å². The molecule has 1 atom stereocenters. The molecule has 0 saturated carbocycles. The van der Waals surface area contributed by atoms with Gasteiger partial charge in [-0.2, -0.15) is 0 Å². The highest BCUT2D eigenvalue weighted by Gasteiger charge is 2.35. The Hall–Kier alpha value is -3.55. The van der Waals surface area contributed by atoms with Crippen molar-refractivity contribution >= 4 is 23.3 Å². The lowest BCUT2D eigenvalue weighted by Crippen LogP contribution is -2.50. The van der Waals surface area contributed by atoms with Crippen LogP contribution in [-0.2, 0) is 9.53 Å². The molecule has 2 rings (SSSR count). The van der Waals surface area contributed by atoms with Crippen LogP contribution in [-0.4, -0.2) is 47.2 Å². The minimum atomic E-state index is -0.990. The molecule has 0 radical (unpaired) electrons. The summed E-state index contributed by atoms with van der Waals surface area (Å²) >= 11 is 0. The number of rotatable bonds is 8. The zero-order chi connectivity index (χ0) is 21.6. The molecule has 0 aliphatic carbocycles. The van der Waals surface area contributed by atoms with Gasteiger partial charge in [0.2, 0.25) is 0 Å². The number of non-ortho nitro benzene ring substituents is 1. The Morgan fingerprint density at radius 2 is 1.59 bits per heavy atom. The number of nitrogens with zero attached hydrogens (tertiary/aromatic N) is 2. The SMILES string of the molecule is COC(=O)C(C(C)C)N(CC(=O)c1ccccc1)C(=O)c1ccc([N+](=O)[O-])cc1. The molecule has 1 amide bonds. The number of esters is 1. The van der Waals surface area contributed by atoms with Gasteiger partial charge in [0, 0.05) is 23.3 Å². The van der Waals surface area contributed by atoms with Gasteiger partial charge in [-0.05, 0) is 18.1 Å². The van der Waals surface area contributed by atoms with Crippen LogP contribution in [0.25, 0.3) is 0 Å². The van der Waals surface area contributed by atoms with E-state index in [9.17, 15) is 24.5 Å². The normalized spacial score (nSPS) is 11.6. The zero-order valence-electron chi connectivity index (χ0n) is 16.4. The van der Waals surface area contributed by atoms with Gasteiger partial charge in [-0.25, -0.2) is 4.79 Å². The number of hydrogen-bond acceptors (Lipinski definition) is 6. The summed E-state index contributed by atoms with van der Waals surface area (Å²) in [5.41, 5.74) is 0.370. The highest BCUT2D eigenvalue weighted by molar-refractivity contribution is 6.03. The van der Waals surface area contributed by atoms with Gasteiger partial charge in [-0.15, -0.1) is 0 Å². The molecular weight excluding hydrogens is 376 g/mol. The van der Waals surface area contributed by atoms with Crippen molar-refractivity contribution < 1.29 is 24.0 Å². The maximum atomic E-state index is 13.2. The van der Waals surface area contributed by atoms with Crippen LogP contribution in [0.3, 0.4) is 0 Å².